The Morgan fingerprint density at radius 3 is 1.71 bits per heavy atom. The van der Waals surface area contributed by atoms with Crippen LogP contribution in [-0.4, -0.2) is 15.0 Å². The van der Waals surface area contributed by atoms with E-state index in [1.165, 1.54) is 32.8 Å². The quantitative estimate of drug-likeness (QED) is 0.161. The predicted octanol–water partition coefficient (Wildman–Crippen LogP) is 15.5. The summed E-state index contributed by atoms with van der Waals surface area (Å²) in [6, 6.07) is 70.8. The Kier molecular flexibility index (Phi) is 8.93. The second kappa shape index (κ2) is 15.4. The van der Waals surface area contributed by atoms with Crippen LogP contribution in [0.25, 0.3) is 105 Å². The maximum absolute atomic E-state index is 6.53. The third-order valence-corrected chi connectivity index (χ3v) is 12.5. The second-order valence-corrected chi connectivity index (χ2v) is 16.4. The van der Waals surface area contributed by atoms with Crippen LogP contribution >= 0.6 is 0 Å². The van der Waals surface area contributed by atoms with Crippen LogP contribution in [0.1, 0.15) is 23.7 Å². The molecule has 11 aromatic rings. The first kappa shape index (κ1) is 36.6. The summed E-state index contributed by atoms with van der Waals surface area (Å²) in [6.45, 7) is 0. The van der Waals surface area contributed by atoms with Crippen molar-refractivity contribution in [1.29, 1.82) is 0 Å². The van der Waals surface area contributed by atoms with Gasteiger partial charge in [0.15, 0.2) is 17.5 Å². The number of furan rings is 1. The normalized spacial score (nSPS) is 13.8. The van der Waals surface area contributed by atoms with E-state index in [2.05, 4.69) is 200 Å². The molecule has 1 aliphatic rings. The summed E-state index contributed by atoms with van der Waals surface area (Å²) in [5, 5.41) is 7.03. The third kappa shape index (κ3) is 6.88. The van der Waals surface area contributed by atoms with Crippen molar-refractivity contribution in [3.05, 3.63) is 230 Å². The number of benzene rings is 9. The molecule has 0 fully saturated rings. The molecule has 1 atom stereocenters. The van der Waals surface area contributed by atoms with Crippen LogP contribution in [0.5, 0.6) is 0 Å². The molecule has 1 unspecified atom stereocenters. The average molecular weight is 806 g/mol. The van der Waals surface area contributed by atoms with Crippen molar-refractivity contribution in [2.45, 2.75) is 12.3 Å². The smallest absolute Gasteiger partial charge is 0.164 e. The van der Waals surface area contributed by atoms with Gasteiger partial charge in [-0.15, -0.1) is 0 Å². The van der Waals surface area contributed by atoms with Gasteiger partial charge in [0.25, 0.3) is 0 Å². The molecule has 4 nitrogen and oxygen atoms in total. The molecule has 2 heterocycles. The summed E-state index contributed by atoms with van der Waals surface area (Å²) in [5.74, 6) is 2.22. The molecule has 63 heavy (non-hydrogen) atoms. The van der Waals surface area contributed by atoms with Crippen LogP contribution < -0.4 is 0 Å². The molecule has 0 aliphatic heterocycles. The lowest BCUT2D eigenvalue weighted by Crippen LogP contribution is -2.05. The zero-order valence-electron chi connectivity index (χ0n) is 34.3. The summed E-state index contributed by atoms with van der Waals surface area (Å²) in [7, 11) is 0. The Balaban J connectivity index is 0.929. The minimum absolute atomic E-state index is 0.276. The lowest BCUT2D eigenvalue weighted by Gasteiger charge is -2.17. The molecule has 0 saturated carbocycles. The molecule has 2 aromatic heterocycles. The maximum atomic E-state index is 6.53. The van der Waals surface area contributed by atoms with Gasteiger partial charge in [-0.2, -0.15) is 0 Å². The Morgan fingerprint density at radius 2 is 0.968 bits per heavy atom. The van der Waals surface area contributed by atoms with Gasteiger partial charge in [0.2, 0.25) is 0 Å². The van der Waals surface area contributed by atoms with E-state index in [-0.39, 0.29) is 5.92 Å². The van der Waals surface area contributed by atoms with Gasteiger partial charge in [-0.3, -0.25) is 0 Å². The summed E-state index contributed by atoms with van der Waals surface area (Å²) in [4.78, 5) is 15.4. The molecule has 0 saturated heterocycles. The van der Waals surface area contributed by atoms with Gasteiger partial charge in [-0.05, 0) is 91.2 Å². The zero-order chi connectivity index (χ0) is 41.7. The van der Waals surface area contributed by atoms with Gasteiger partial charge >= 0.3 is 0 Å². The van der Waals surface area contributed by atoms with Gasteiger partial charge in [-0.1, -0.05) is 194 Å². The van der Waals surface area contributed by atoms with Gasteiger partial charge in [0.05, 0.1) is 0 Å². The van der Waals surface area contributed by atoms with Crippen LogP contribution in [0.2, 0.25) is 0 Å². The Hall–Kier alpha value is -8.21. The molecular formula is C59H39N3O. The molecule has 296 valence electrons. The first-order valence-corrected chi connectivity index (χ1v) is 21.5. The maximum Gasteiger partial charge on any atom is 0.164 e. The minimum Gasteiger partial charge on any atom is -0.456 e. The molecular weight excluding hydrogens is 767 g/mol. The molecule has 9 aromatic carbocycles. The van der Waals surface area contributed by atoms with Crippen molar-refractivity contribution in [2.24, 2.45) is 0 Å². The number of hydrogen-bond acceptors (Lipinski definition) is 4. The first-order valence-electron chi connectivity index (χ1n) is 21.5. The van der Waals surface area contributed by atoms with E-state index in [9.17, 15) is 0 Å². The van der Waals surface area contributed by atoms with Crippen molar-refractivity contribution in [3.8, 4) is 56.2 Å². The van der Waals surface area contributed by atoms with Crippen molar-refractivity contribution in [3.63, 3.8) is 0 Å². The highest BCUT2D eigenvalue weighted by atomic mass is 16.3. The lowest BCUT2D eigenvalue weighted by atomic mass is 9.89. The molecule has 0 spiro atoms. The van der Waals surface area contributed by atoms with Crippen molar-refractivity contribution < 1.29 is 4.42 Å². The van der Waals surface area contributed by atoms with E-state index in [1.807, 2.05) is 18.2 Å². The van der Waals surface area contributed by atoms with E-state index in [0.29, 0.717) is 17.5 Å². The third-order valence-electron chi connectivity index (χ3n) is 12.5. The molecule has 1 aliphatic carbocycles. The summed E-state index contributed by atoms with van der Waals surface area (Å²) < 4.78 is 6.53. The summed E-state index contributed by atoms with van der Waals surface area (Å²) in [5.41, 5.74) is 12.7. The van der Waals surface area contributed by atoms with E-state index >= 15 is 0 Å². The van der Waals surface area contributed by atoms with Crippen molar-refractivity contribution >= 4 is 49.1 Å². The number of para-hydroxylation sites is 1. The monoisotopic (exact) mass is 805 g/mol. The molecule has 0 radical (unpaired) electrons. The molecule has 0 amide bonds. The predicted molar refractivity (Wildman–Crippen MR) is 260 cm³/mol. The SMILES string of the molecule is C1=CC(c2ccc3ccccc3c2)CC=C1c1nc(-c2ccc(-c3cc(-c4ccc(-c5ccccc5)cc4)cc4oc5ccccc5c34)cc2)nc(-c2ccc3ccccc3c2)n1. The number of rotatable bonds is 7. The fourth-order valence-corrected chi connectivity index (χ4v) is 9.10. The highest BCUT2D eigenvalue weighted by molar-refractivity contribution is 6.13. The van der Waals surface area contributed by atoms with Crippen LogP contribution in [0.15, 0.2) is 223 Å². The highest BCUT2D eigenvalue weighted by Gasteiger charge is 2.19. The topological polar surface area (TPSA) is 51.8 Å². The molecule has 12 rings (SSSR count). The first-order chi connectivity index (χ1) is 31.2. The zero-order valence-corrected chi connectivity index (χ0v) is 34.3. The molecule has 0 N–H and O–H groups in total. The van der Waals surface area contributed by atoms with Gasteiger partial charge < -0.3 is 4.42 Å². The van der Waals surface area contributed by atoms with E-state index < -0.39 is 0 Å². The Morgan fingerprint density at radius 1 is 0.397 bits per heavy atom. The number of allylic oxidation sites excluding steroid dienone is 4. The number of hydrogen-bond donors (Lipinski definition) is 0. The number of nitrogens with zero attached hydrogens (tertiary/aromatic N) is 3. The Labute approximate surface area is 365 Å². The van der Waals surface area contributed by atoms with Gasteiger partial charge in [-0.25, -0.2) is 15.0 Å². The van der Waals surface area contributed by atoms with Crippen LogP contribution in [0.4, 0.5) is 0 Å². The largest absolute Gasteiger partial charge is 0.456 e. The minimum atomic E-state index is 0.276. The van der Waals surface area contributed by atoms with Crippen LogP contribution in [0.3, 0.4) is 0 Å². The van der Waals surface area contributed by atoms with E-state index in [4.69, 9.17) is 19.4 Å². The van der Waals surface area contributed by atoms with Gasteiger partial charge in [0, 0.05) is 33.4 Å². The molecule has 0 bridgehead atoms. The highest BCUT2D eigenvalue weighted by Crippen LogP contribution is 2.41. The average Bonchev–Trinajstić information content (AvgIpc) is 3.75. The van der Waals surface area contributed by atoms with Crippen molar-refractivity contribution in [1.82, 2.24) is 15.0 Å². The fraction of sp³-hybridized carbons (Fsp3) is 0.0339. The van der Waals surface area contributed by atoms with Crippen molar-refractivity contribution in [2.75, 3.05) is 0 Å². The number of aromatic nitrogens is 3. The Bertz CT molecular complexity index is 3580. The van der Waals surface area contributed by atoms with E-state index in [1.54, 1.807) is 0 Å². The lowest BCUT2D eigenvalue weighted by molar-refractivity contribution is 0.669. The fourth-order valence-electron chi connectivity index (χ4n) is 9.10. The second-order valence-electron chi connectivity index (χ2n) is 16.4. The van der Waals surface area contributed by atoms with Crippen LogP contribution in [0, 0.1) is 0 Å². The summed E-state index contributed by atoms with van der Waals surface area (Å²) in [6.07, 6.45) is 7.60. The summed E-state index contributed by atoms with van der Waals surface area (Å²) >= 11 is 0. The van der Waals surface area contributed by atoms with E-state index in [0.717, 1.165) is 72.7 Å². The standard InChI is InChI=1S/C59H39N3O/c1-2-10-38(11-3-1)41-18-20-43(21-19-41)51-36-53(56-52-16-8-9-17-54(52)63-55(56)37-51)44-26-30-46(31-27-44)58-60-57(61-59(62-58)50-33-25-40-13-5-7-15-48(40)35-50)45-28-22-42(23-29-45)49-32-24-39-12-4-6-14-47(39)34-49/h1-22,24-37,42H,23H2. The van der Waals surface area contributed by atoms with Crippen LogP contribution in [-0.2, 0) is 0 Å². The molecule has 4 heteroatoms. The van der Waals surface area contributed by atoms with Gasteiger partial charge in [0.1, 0.15) is 11.2 Å². The number of fused-ring (bicyclic) bond motifs is 5.